The maximum Gasteiger partial charge on any atom is 0.177 e. The number of aliphatic imine (C=N–C) groups is 1. The first kappa shape index (κ1) is 25.8. The number of amidine groups is 1. The molecular weight excluding hydrogens is 527 g/mol. The van der Waals surface area contributed by atoms with E-state index in [1.807, 2.05) is 62.4 Å². The molecule has 0 aromatic heterocycles. The summed E-state index contributed by atoms with van der Waals surface area (Å²) in [7, 11) is -3.59. The molecule has 1 aliphatic rings. The van der Waals surface area contributed by atoms with E-state index in [2.05, 4.69) is 12.2 Å². The Balaban J connectivity index is 1.97. The lowest BCUT2D eigenvalue weighted by Crippen LogP contribution is -2.50. The van der Waals surface area contributed by atoms with E-state index in [4.69, 9.17) is 44.5 Å². The molecule has 184 valence electrons. The summed E-state index contributed by atoms with van der Waals surface area (Å²) in [4.78, 5) is 5.16. The van der Waals surface area contributed by atoms with Crippen LogP contribution in [0.25, 0.3) is 0 Å². The number of halogens is 3. The molecule has 0 aliphatic carbocycles. The number of rotatable bonds is 6. The summed E-state index contributed by atoms with van der Waals surface area (Å²) in [5.41, 5.74) is 0.865. The zero-order valence-corrected chi connectivity index (χ0v) is 22.8. The van der Waals surface area contributed by atoms with Gasteiger partial charge >= 0.3 is 0 Å². The average Bonchev–Trinajstić information content (AvgIpc) is 3.06. The third-order valence-electron chi connectivity index (χ3n) is 6.49. The maximum absolute atomic E-state index is 12.4. The van der Waals surface area contributed by atoms with E-state index < -0.39 is 20.9 Å². The van der Waals surface area contributed by atoms with Crippen LogP contribution in [0.15, 0.2) is 70.6 Å². The molecule has 5 nitrogen and oxygen atoms in total. The summed E-state index contributed by atoms with van der Waals surface area (Å²) in [5.74, 6) is 0.930. The van der Waals surface area contributed by atoms with Crippen molar-refractivity contribution in [2.75, 3.05) is 12.9 Å². The fourth-order valence-corrected chi connectivity index (χ4v) is 5.96. The van der Waals surface area contributed by atoms with Gasteiger partial charge in [0.15, 0.2) is 9.84 Å². The fourth-order valence-electron chi connectivity index (χ4n) is 4.39. The second-order valence-corrected chi connectivity index (χ2v) is 12.0. The number of hydrogen-bond acceptors (Lipinski definition) is 5. The molecule has 2 atom stereocenters. The van der Waals surface area contributed by atoms with E-state index in [9.17, 15) is 8.42 Å². The van der Waals surface area contributed by atoms with Crippen LogP contribution in [0.2, 0.25) is 15.1 Å². The first-order valence-electron chi connectivity index (χ1n) is 11.0. The average molecular weight is 552 g/mol. The zero-order valence-electron chi connectivity index (χ0n) is 19.7. The molecule has 0 spiro atoms. The Labute approximate surface area is 221 Å². The lowest BCUT2D eigenvalue weighted by Gasteiger charge is -2.40. The molecule has 0 fully saturated rings. The van der Waals surface area contributed by atoms with Gasteiger partial charge in [0.1, 0.15) is 17.1 Å². The highest BCUT2D eigenvalue weighted by Crippen LogP contribution is 2.48. The van der Waals surface area contributed by atoms with Gasteiger partial charge in [0.25, 0.3) is 0 Å². The van der Waals surface area contributed by atoms with Crippen molar-refractivity contribution in [2.24, 2.45) is 4.99 Å². The van der Waals surface area contributed by atoms with E-state index in [1.54, 1.807) is 0 Å². The summed E-state index contributed by atoms with van der Waals surface area (Å²) in [6.45, 7) is 6.30. The van der Waals surface area contributed by atoms with Crippen molar-refractivity contribution in [1.29, 1.82) is 0 Å². The van der Waals surface area contributed by atoms with Crippen LogP contribution in [0.1, 0.15) is 37.5 Å². The standard InChI is InChI=1S/C26H25Cl3N2O3S/c1-5-34-22-15-21(29)23(35(4,32)33)14-20(22)24-30-25(2,16-6-10-18(27)11-7-16)26(3,31-24)17-8-12-19(28)13-9-17/h6-15H,5H2,1-4H3,(H,30,31)/t25-,26?/m1/s1. The number of benzene rings is 3. The van der Waals surface area contributed by atoms with Gasteiger partial charge in [0.05, 0.1) is 27.6 Å². The SMILES string of the molecule is CCOc1cc(Cl)c(S(C)(=O)=O)cc1C1=N[C@](C)(c2ccc(Cl)cc2)C(C)(c2ccc(Cl)cc2)N1. The monoisotopic (exact) mass is 550 g/mol. The first-order valence-corrected chi connectivity index (χ1v) is 14.0. The van der Waals surface area contributed by atoms with Crippen LogP contribution in [-0.2, 0) is 20.9 Å². The quantitative estimate of drug-likeness (QED) is 0.373. The van der Waals surface area contributed by atoms with Gasteiger partial charge in [-0.3, -0.25) is 4.99 Å². The van der Waals surface area contributed by atoms with Crippen molar-refractivity contribution >= 4 is 50.5 Å². The highest BCUT2D eigenvalue weighted by Gasteiger charge is 2.52. The fraction of sp³-hybridized carbons (Fsp3) is 0.269. The van der Waals surface area contributed by atoms with Crippen LogP contribution in [0, 0.1) is 0 Å². The number of sulfone groups is 1. The van der Waals surface area contributed by atoms with Gasteiger partial charge < -0.3 is 10.1 Å². The molecule has 4 rings (SSSR count). The normalized spacial score (nSPS) is 22.0. The van der Waals surface area contributed by atoms with E-state index in [1.165, 1.54) is 12.1 Å². The minimum Gasteiger partial charge on any atom is -0.493 e. The number of nitrogens with one attached hydrogen (secondary N) is 1. The number of nitrogens with zero attached hydrogens (tertiary/aromatic N) is 1. The molecule has 1 unspecified atom stereocenters. The molecule has 0 amide bonds. The predicted molar refractivity (Wildman–Crippen MR) is 143 cm³/mol. The van der Waals surface area contributed by atoms with Gasteiger partial charge in [0.2, 0.25) is 0 Å². The molecule has 0 saturated carbocycles. The van der Waals surface area contributed by atoms with Crippen molar-refractivity contribution in [1.82, 2.24) is 5.32 Å². The summed E-state index contributed by atoms with van der Waals surface area (Å²) in [6, 6.07) is 18.2. The second kappa shape index (κ2) is 9.32. The maximum atomic E-state index is 12.4. The van der Waals surface area contributed by atoms with E-state index in [-0.39, 0.29) is 9.92 Å². The Hall–Kier alpha value is -2.25. The largest absolute Gasteiger partial charge is 0.493 e. The minimum absolute atomic E-state index is 0.00964. The first-order chi connectivity index (χ1) is 16.4. The third-order valence-corrected chi connectivity index (χ3v) is 8.56. The molecule has 0 radical (unpaired) electrons. The molecule has 0 saturated heterocycles. The van der Waals surface area contributed by atoms with Gasteiger partial charge in [-0.25, -0.2) is 8.42 Å². The van der Waals surface area contributed by atoms with Crippen molar-refractivity contribution < 1.29 is 13.2 Å². The highest BCUT2D eigenvalue weighted by atomic mass is 35.5. The Morgan fingerprint density at radius 1 is 0.914 bits per heavy atom. The Bertz CT molecular complexity index is 1410. The predicted octanol–water partition coefficient (Wildman–Crippen LogP) is 6.63. The molecular formula is C26H25Cl3N2O3S. The molecule has 1 aliphatic heterocycles. The van der Waals surface area contributed by atoms with E-state index >= 15 is 0 Å². The Morgan fingerprint density at radius 2 is 1.46 bits per heavy atom. The topological polar surface area (TPSA) is 67.8 Å². The summed E-state index contributed by atoms with van der Waals surface area (Å²) in [6.07, 6.45) is 1.12. The Morgan fingerprint density at radius 3 is 1.97 bits per heavy atom. The van der Waals surface area contributed by atoms with Crippen molar-refractivity contribution in [3.05, 3.63) is 92.4 Å². The van der Waals surface area contributed by atoms with Gasteiger partial charge in [-0.15, -0.1) is 0 Å². The number of hydrogen-bond donors (Lipinski definition) is 1. The van der Waals surface area contributed by atoms with Gasteiger partial charge in [-0.2, -0.15) is 0 Å². The molecule has 0 bridgehead atoms. The molecule has 3 aromatic carbocycles. The van der Waals surface area contributed by atoms with Gasteiger partial charge in [-0.05, 0) is 62.2 Å². The smallest absolute Gasteiger partial charge is 0.177 e. The van der Waals surface area contributed by atoms with Crippen molar-refractivity contribution in [3.63, 3.8) is 0 Å². The summed E-state index contributed by atoms with van der Waals surface area (Å²) < 4.78 is 30.7. The third kappa shape index (κ3) is 4.65. The summed E-state index contributed by atoms with van der Waals surface area (Å²) in [5, 5.41) is 4.92. The lowest BCUT2D eigenvalue weighted by atomic mass is 9.72. The highest BCUT2D eigenvalue weighted by molar-refractivity contribution is 7.90. The molecule has 3 aromatic rings. The molecule has 1 heterocycles. The minimum atomic E-state index is -3.59. The van der Waals surface area contributed by atoms with Crippen LogP contribution >= 0.6 is 34.8 Å². The summed E-state index contributed by atoms with van der Waals surface area (Å²) >= 11 is 18.7. The molecule has 9 heteroatoms. The van der Waals surface area contributed by atoms with E-state index in [0.717, 1.165) is 17.4 Å². The van der Waals surface area contributed by atoms with Crippen LogP contribution in [0.3, 0.4) is 0 Å². The van der Waals surface area contributed by atoms with E-state index in [0.29, 0.717) is 33.8 Å². The second-order valence-electron chi connectivity index (χ2n) is 8.78. The number of ether oxygens (including phenoxy) is 1. The van der Waals surface area contributed by atoms with Gasteiger partial charge in [-0.1, -0.05) is 59.1 Å². The molecule has 1 N–H and O–H groups in total. The van der Waals surface area contributed by atoms with Crippen LogP contribution < -0.4 is 10.1 Å². The van der Waals surface area contributed by atoms with Crippen LogP contribution in [0.4, 0.5) is 0 Å². The van der Waals surface area contributed by atoms with Gasteiger partial charge in [0, 0.05) is 22.4 Å². The lowest BCUT2D eigenvalue weighted by molar-refractivity contribution is 0.268. The van der Waals surface area contributed by atoms with Crippen molar-refractivity contribution in [3.8, 4) is 5.75 Å². The van der Waals surface area contributed by atoms with Crippen molar-refractivity contribution in [2.45, 2.75) is 36.7 Å². The Kier molecular flexibility index (Phi) is 6.88. The molecule has 35 heavy (non-hydrogen) atoms. The van der Waals surface area contributed by atoms with Crippen LogP contribution in [-0.4, -0.2) is 27.1 Å². The zero-order chi connectivity index (χ0) is 25.6. The van der Waals surface area contributed by atoms with Crippen LogP contribution in [0.5, 0.6) is 5.75 Å².